The molecule has 0 fully saturated rings. The zero-order valence-electron chi connectivity index (χ0n) is 16.4. The fourth-order valence-electron chi connectivity index (χ4n) is 1.90. The van der Waals surface area contributed by atoms with Crippen LogP contribution in [0.2, 0.25) is 0 Å². The van der Waals surface area contributed by atoms with Gasteiger partial charge in [-0.3, -0.25) is 15.0 Å². The molecular weight excluding hydrogens is 469 g/mol. The van der Waals surface area contributed by atoms with Crippen LogP contribution in [-0.2, 0) is 26.9 Å². The molecule has 0 radical (unpaired) electrons. The summed E-state index contributed by atoms with van der Waals surface area (Å²) in [4.78, 5) is 31.4. The van der Waals surface area contributed by atoms with Crippen molar-refractivity contribution in [2.75, 3.05) is 7.11 Å². The first-order valence-corrected chi connectivity index (χ1v) is 8.14. The Bertz CT molecular complexity index is 878. The second-order valence-electron chi connectivity index (χ2n) is 5.11. The van der Waals surface area contributed by atoms with Crippen LogP contribution < -0.4 is 10.2 Å². The van der Waals surface area contributed by atoms with Crippen LogP contribution in [-0.4, -0.2) is 49.3 Å². The van der Waals surface area contributed by atoms with Gasteiger partial charge in [0.2, 0.25) is 0 Å². The SMILES string of the molecule is CO.O=C([O-])c1ccc(C(=O)[O-])nc1.OC(O)(c1ccccn1)c1ccccn1.[C-]#[O+].[Ni+2]. The molecule has 0 bridgehead atoms. The van der Waals surface area contributed by atoms with Gasteiger partial charge >= 0.3 is 27.8 Å². The number of hydrogen-bond donors (Lipinski definition) is 3. The minimum Gasteiger partial charge on any atom is 2.00 e. The summed E-state index contributed by atoms with van der Waals surface area (Å²) in [6.07, 6.45) is 3.90. The van der Waals surface area contributed by atoms with Gasteiger partial charge in [-0.25, -0.2) is 0 Å². The first kappa shape index (κ1) is 30.7. The van der Waals surface area contributed by atoms with Crippen molar-refractivity contribution < 1.29 is 56.3 Å². The molecule has 0 aliphatic rings. The van der Waals surface area contributed by atoms with E-state index in [2.05, 4.69) is 21.6 Å². The molecule has 3 N–H and O–H groups in total. The molecule has 3 rings (SSSR count). The molecule has 12 heteroatoms. The Balaban J connectivity index is 0. The smallest absolute Gasteiger partial charge is 2.00 e. The van der Waals surface area contributed by atoms with Crippen LogP contribution in [0.4, 0.5) is 0 Å². The summed E-state index contributed by atoms with van der Waals surface area (Å²) in [5, 5.41) is 47.1. The van der Waals surface area contributed by atoms with Gasteiger partial charge in [0.15, 0.2) is 0 Å². The number of aromatic carboxylic acids is 2. The molecule has 0 unspecified atom stereocenters. The Labute approximate surface area is 192 Å². The number of carboxylic acids is 2. The number of carbonyl (C=O) groups excluding carboxylic acids is 2. The van der Waals surface area contributed by atoms with Gasteiger partial charge in [-0.1, -0.05) is 12.1 Å². The van der Waals surface area contributed by atoms with Gasteiger partial charge in [-0.05, 0) is 36.4 Å². The standard InChI is InChI=1S/C11H10N2O2.C7H5NO4.CH4O.CO.Ni/c14-11(15,9-5-1-3-7-12-9)10-6-2-4-8-13-10;9-6(10)4-1-2-5(7(11)12)8-3-4;2*1-2;/h1-8,14-15H;1-3H,(H,9,10)(H,11,12);2H,1H3;;/q;;;;+2/p-2. The Hall–Kier alpha value is -3.50. The van der Waals surface area contributed by atoms with Crippen LogP contribution in [0.5, 0.6) is 0 Å². The number of aromatic nitrogens is 3. The van der Waals surface area contributed by atoms with Crippen LogP contribution in [0.3, 0.4) is 0 Å². The zero-order chi connectivity index (χ0) is 23.9. The molecule has 170 valence electrons. The maximum Gasteiger partial charge on any atom is 2.00 e. The van der Waals surface area contributed by atoms with Crippen LogP contribution in [0.1, 0.15) is 32.2 Å². The van der Waals surface area contributed by atoms with E-state index >= 15 is 0 Å². The first-order valence-electron chi connectivity index (χ1n) is 8.14. The van der Waals surface area contributed by atoms with Gasteiger partial charge in [0, 0.05) is 31.3 Å². The molecular formula is C20H17N3NiO8. The van der Waals surface area contributed by atoms with Crippen molar-refractivity contribution in [1.29, 1.82) is 0 Å². The minimum atomic E-state index is -2.14. The predicted molar refractivity (Wildman–Crippen MR) is 98.7 cm³/mol. The van der Waals surface area contributed by atoms with Crippen molar-refractivity contribution in [2.45, 2.75) is 5.79 Å². The second kappa shape index (κ2) is 16.2. The number of carbonyl (C=O) groups is 2. The number of nitrogens with zero attached hydrogens (tertiary/aromatic N) is 3. The van der Waals surface area contributed by atoms with E-state index in [9.17, 15) is 30.0 Å². The molecule has 0 saturated carbocycles. The van der Waals surface area contributed by atoms with E-state index in [0.717, 1.165) is 25.4 Å². The molecule has 0 amide bonds. The zero-order valence-corrected chi connectivity index (χ0v) is 17.4. The van der Waals surface area contributed by atoms with E-state index in [1.54, 1.807) is 24.3 Å². The molecule has 0 atom stereocenters. The molecule has 0 spiro atoms. The number of aliphatic hydroxyl groups is 3. The average Bonchev–Trinajstić information content (AvgIpc) is 2.83. The minimum absolute atomic E-state index is 0. The summed E-state index contributed by atoms with van der Waals surface area (Å²) in [6, 6.07) is 12.0. The maximum atomic E-state index is 10.2. The maximum absolute atomic E-state index is 10.2. The van der Waals surface area contributed by atoms with Crippen LogP contribution in [0.25, 0.3) is 0 Å². The third-order valence-corrected chi connectivity index (χ3v) is 3.25. The molecule has 11 nitrogen and oxygen atoms in total. The number of aliphatic hydroxyl groups excluding tert-OH is 1. The summed E-state index contributed by atoms with van der Waals surface area (Å²) < 4.78 is 7.50. The number of pyridine rings is 3. The van der Waals surface area contributed by atoms with Crippen molar-refractivity contribution in [2.24, 2.45) is 0 Å². The molecule has 0 aliphatic carbocycles. The topological polar surface area (TPSA) is 200 Å². The monoisotopic (exact) mass is 485 g/mol. The average molecular weight is 486 g/mol. The van der Waals surface area contributed by atoms with Crippen molar-refractivity contribution in [3.8, 4) is 0 Å². The van der Waals surface area contributed by atoms with Crippen LogP contribution in [0, 0.1) is 6.65 Å². The van der Waals surface area contributed by atoms with E-state index < -0.39 is 17.7 Å². The summed E-state index contributed by atoms with van der Waals surface area (Å²) in [5.41, 5.74) is -0.160. The molecule has 0 aliphatic heterocycles. The molecule has 3 heterocycles. The van der Waals surface area contributed by atoms with Crippen molar-refractivity contribution in [1.82, 2.24) is 15.0 Å². The van der Waals surface area contributed by atoms with Crippen molar-refractivity contribution >= 4 is 11.9 Å². The van der Waals surface area contributed by atoms with Gasteiger partial charge < -0.3 is 35.1 Å². The number of rotatable bonds is 4. The van der Waals surface area contributed by atoms with E-state index in [0.29, 0.717) is 0 Å². The predicted octanol–water partition coefficient (Wildman–Crippen LogP) is -1.96. The largest absolute Gasteiger partial charge is 2.00 e. The summed E-state index contributed by atoms with van der Waals surface area (Å²) >= 11 is 0. The van der Waals surface area contributed by atoms with Crippen molar-refractivity contribution in [3.05, 3.63) is 96.4 Å². The van der Waals surface area contributed by atoms with Crippen LogP contribution >= 0.6 is 0 Å². The number of carboxylic acid groups (broad SMARTS) is 2. The fraction of sp³-hybridized carbons (Fsp3) is 0.100. The van der Waals surface area contributed by atoms with Crippen LogP contribution in [0.15, 0.2) is 67.1 Å². The van der Waals surface area contributed by atoms with Gasteiger partial charge in [0.05, 0.1) is 17.6 Å². The van der Waals surface area contributed by atoms with E-state index in [1.807, 2.05) is 0 Å². The summed E-state index contributed by atoms with van der Waals surface area (Å²) in [6.45, 7) is 4.50. The van der Waals surface area contributed by atoms with Gasteiger partial charge in [0.1, 0.15) is 11.4 Å². The third kappa shape index (κ3) is 9.54. The number of hydrogen-bond acceptors (Lipinski definition) is 10. The quantitative estimate of drug-likeness (QED) is 0.161. The fourth-order valence-corrected chi connectivity index (χ4v) is 1.90. The Morgan fingerprint density at radius 2 is 1.31 bits per heavy atom. The van der Waals surface area contributed by atoms with Crippen molar-refractivity contribution in [3.63, 3.8) is 0 Å². The van der Waals surface area contributed by atoms with Gasteiger partial charge in [-0.15, -0.1) is 0 Å². The van der Waals surface area contributed by atoms with E-state index in [4.69, 9.17) is 9.76 Å². The first-order chi connectivity index (χ1) is 14.8. The molecule has 32 heavy (non-hydrogen) atoms. The van der Waals surface area contributed by atoms with Gasteiger partial charge in [0.25, 0.3) is 5.79 Å². The molecule has 3 aromatic heterocycles. The van der Waals surface area contributed by atoms with E-state index in [1.165, 1.54) is 24.5 Å². The Morgan fingerprint density at radius 3 is 1.59 bits per heavy atom. The Morgan fingerprint density at radius 1 is 0.844 bits per heavy atom. The summed E-state index contributed by atoms with van der Waals surface area (Å²) in [7, 11) is 1.00. The Kier molecular flexibility index (Phi) is 15.6. The van der Waals surface area contributed by atoms with Gasteiger partial charge in [-0.2, -0.15) is 0 Å². The molecule has 0 saturated heterocycles. The van der Waals surface area contributed by atoms with E-state index in [-0.39, 0.29) is 39.1 Å². The molecule has 3 aromatic rings. The summed E-state index contributed by atoms with van der Waals surface area (Å²) in [5.74, 6) is -4.98. The third-order valence-electron chi connectivity index (χ3n) is 3.25. The second-order valence-corrected chi connectivity index (χ2v) is 5.11. The normalized spacial score (nSPS) is 9.06. The molecule has 0 aromatic carbocycles.